The minimum Gasteiger partial charge on any atom is -0.480 e. The minimum absolute atomic E-state index is 0.171. The van der Waals surface area contributed by atoms with E-state index in [1.807, 2.05) is 20.8 Å². The lowest BCUT2D eigenvalue weighted by atomic mass is 10.1. The Morgan fingerprint density at radius 2 is 2.12 bits per heavy atom. The molecule has 0 aromatic carbocycles. The van der Waals surface area contributed by atoms with E-state index in [1.165, 1.54) is 10.8 Å². The number of aromatic nitrogens is 2. The molecule has 6 nitrogen and oxygen atoms in total. The molecule has 6 heteroatoms. The fraction of sp³-hybridized carbons (Fsp3) is 0.545. The van der Waals surface area contributed by atoms with Gasteiger partial charge in [-0.3, -0.25) is 14.2 Å². The monoisotopic (exact) mass is 239 g/mol. The first-order valence-corrected chi connectivity index (χ1v) is 5.27. The second kappa shape index (κ2) is 4.57. The van der Waals surface area contributed by atoms with Crippen LogP contribution in [0.5, 0.6) is 0 Å². The highest BCUT2D eigenvalue weighted by Gasteiger charge is 2.15. The summed E-state index contributed by atoms with van der Waals surface area (Å²) >= 11 is 0. The van der Waals surface area contributed by atoms with Crippen molar-refractivity contribution in [2.45, 2.75) is 39.8 Å². The average Bonchev–Trinajstić information content (AvgIpc) is 2.15. The van der Waals surface area contributed by atoms with Crippen LogP contribution in [0.4, 0.5) is 5.82 Å². The van der Waals surface area contributed by atoms with Crippen LogP contribution in [0, 0.1) is 6.92 Å². The van der Waals surface area contributed by atoms with Crippen molar-refractivity contribution >= 4 is 11.8 Å². The molecule has 0 radical (unpaired) electrons. The first-order valence-electron chi connectivity index (χ1n) is 5.27. The predicted octanol–water partition coefficient (Wildman–Crippen LogP) is 0.847. The van der Waals surface area contributed by atoms with Crippen molar-refractivity contribution in [2.24, 2.45) is 0 Å². The van der Waals surface area contributed by atoms with E-state index in [4.69, 9.17) is 5.11 Å². The molecule has 0 amide bonds. The van der Waals surface area contributed by atoms with Gasteiger partial charge in [0.25, 0.3) is 5.56 Å². The largest absolute Gasteiger partial charge is 0.480 e. The second-order valence-corrected chi connectivity index (χ2v) is 4.91. The van der Waals surface area contributed by atoms with Gasteiger partial charge in [0.05, 0.1) is 0 Å². The number of nitrogens with zero attached hydrogens (tertiary/aromatic N) is 2. The highest BCUT2D eigenvalue weighted by atomic mass is 16.4. The maximum atomic E-state index is 12.0. The van der Waals surface area contributed by atoms with E-state index in [-0.39, 0.29) is 17.9 Å². The maximum Gasteiger partial charge on any atom is 0.323 e. The molecule has 0 aliphatic rings. The summed E-state index contributed by atoms with van der Waals surface area (Å²) in [5.41, 5.74) is -0.193. The Morgan fingerprint density at radius 1 is 1.53 bits per heavy atom. The lowest BCUT2D eigenvalue weighted by molar-refractivity contribution is -0.137. The molecule has 0 bridgehead atoms. The van der Waals surface area contributed by atoms with E-state index in [0.717, 1.165) is 0 Å². The van der Waals surface area contributed by atoms with Gasteiger partial charge in [0.1, 0.15) is 6.54 Å². The molecule has 1 aromatic heterocycles. The Morgan fingerprint density at radius 3 is 2.59 bits per heavy atom. The van der Waals surface area contributed by atoms with Gasteiger partial charge in [-0.25, -0.2) is 4.98 Å². The van der Waals surface area contributed by atoms with Crippen LogP contribution < -0.4 is 10.9 Å². The zero-order valence-corrected chi connectivity index (χ0v) is 10.4. The van der Waals surface area contributed by atoms with Gasteiger partial charge < -0.3 is 10.4 Å². The predicted molar refractivity (Wildman–Crippen MR) is 64.2 cm³/mol. The van der Waals surface area contributed by atoms with Gasteiger partial charge in [-0.15, -0.1) is 0 Å². The number of hydrogen-bond donors (Lipinski definition) is 2. The van der Waals surface area contributed by atoms with Crippen molar-refractivity contribution in [3.05, 3.63) is 22.2 Å². The molecule has 2 N–H and O–H groups in total. The van der Waals surface area contributed by atoms with Crippen molar-refractivity contribution < 1.29 is 9.90 Å². The van der Waals surface area contributed by atoms with Crippen LogP contribution in [0.2, 0.25) is 0 Å². The number of aryl methyl sites for hydroxylation is 1. The van der Waals surface area contributed by atoms with Gasteiger partial charge in [0.2, 0.25) is 0 Å². The lowest BCUT2D eigenvalue weighted by Crippen LogP contribution is -2.35. The number of hydrogen-bond acceptors (Lipinski definition) is 4. The molecular formula is C11H17N3O3. The summed E-state index contributed by atoms with van der Waals surface area (Å²) in [6, 6.07) is 0. The normalized spacial score (nSPS) is 11.3. The third-order valence-corrected chi connectivity index (χ3v) is 2.04. The van der Waals surface area contributed by atoms with Crippen LogP contribution in [0.25, 0.3) is 0 Å². The van der Waals surface area contributed by atoms with E-state index in [9.17, 15) is 9.59 Å². The van der Waals surface area contributed by atoms with Crippen molar-refractivity contribution in [3.8, 4) is 0 Å². The molecule has 0 atom stereocenters. The first kappa shape index (κ1) is 13.2. The Bertz CT molecular complexity index is 486. The fourth-order valence-electron chi connectivity index (χ4n) is 1.34. The Labute approximate surface area is 99.3 Å². The van der Waals surface area contributed by atoms with Gasteiger partial charge in [-0.1, -0.05) is 0 Å². The molecule has 1 rings (SSSR count). The molecule has 0 unspecified atom stereocenters. The van der Waals surface area contributed by atoms with Gasteiger partial charge in [-0.05, 0) is 27.7 Å². The van der Waals surface area contributed by atoms with Crippen LogP contribution in [0.1, 0.15) is 26.5 Å². The summed E-state index contributed by atoms with van der Waals surface area (Å²) in [6.07, 6.45) is 1.48. The van der Waals surface area contributed by atoms with E-state index < -0.39 is 11.5 Å². The summed E-state index contributed by atoms with van der Waals surface area (Å²) in [7, 11) is 0. The summed E-state index contributed by atoms with van der Waals surface area (Å²) in [5, 5.41) is 11.7. The van der Waals surface area contributed by atoms with Crippen molar-refractivity contribution in [2.75, 3.05) is 5.32 Å². The van der Waals surface area contributed by atoms with E-state index in [2.05, 4.69) is 10.3 Å². The van der Waals surface area contributed by atoms with Crippen molar-refractivity contribution in [3.63, 3.8) is 0 Å². The molecule has 94 valence electrons. The topological polar surface area (TPSA) is 84.2 Å². The SMILES string of the molecule is Cc1cnc(NC(C)(C)C)c(=O)n1CC(=O)O. The van der Waals surface area contributed by atoms with Crippen LogP contribution in [0.3, 0.4) is 0 Å². The molecule has 0 fully saturated rings. The van der Waals surface area contributed by atoms with Crippen LogP contribution >= 0.6 is 0 Å². The lowest BCUT2D eigenvalue weighted by Gasteiger charge is -2.21. The number of carboxylic acid groups (broad SMARTS) is 1. The number of rotatable bonds is 3. The zero-order valence-electron chi connectivity index (χ0n) is 10.4. The molecule has 0 saturated carbocycles. The Kier molecular flexibility index (Phi) is 3.55. The number of carboxylic acids is 1. The van der Waals surface area contributed by atoms with Crippen molar-refractivity contribution in [1.29, 1.82) is 0 Å². The quantitative estimate of drug-likeness (QED) is 0.816. The Balaban J connectivity index is 3.19. The number of anilines is 1. The number of carbonyl (C=O) groups is 1. The highest BCUT2D eigenvalue weighted by Crippen LogP contribution is 2.08. The Hall–Kier alpha value is -1.85. The number of nitrogens with one attached hydrogen (secondary N) is 1. The minimum atomic E-state index is -1.05. The first-order chi connectivity index (χ1) is 7.70. The summed E-state index contributed by atoms with van der Waals surface area (Å²) in [4.78, 5) is 26.6. The molecule has 0 saturated heterocycles. The second-order valence-electron chi connectivity index (χ2n) is 4.91. The molecule has 0 aliphatic heterocycles. The molecule has 0 aliphatic carbocycles. The van der Waals surface area contributed by atoms with Gasteiger partial charge in [0.15, 0.2) is 5.82 Å². The average molecular weight is 239 g/mol. The van der Waals surface area contributed by atoms with E-state index in [0.29, 0.717) is 5.69 Å². The van der Waals surface area contributed by atoms with Crippen LogP contribution in [0.15, 0.2) is 11.0 Å². The standard InChI is InChI=1S/C11H17N3O3/c1-7-5-12-9(13-11(2,3)4)10(17)14(7)6-8(15)16/h5H,6H2,1-4H3,(H,12,13)(H,15,16). The maximum absolute atomic E-state index is 12.0. The summed E-state index contributed by atoms with van der Waals surface area (Å²) in [6.45, 7) is 6.99. The molecular weight excluding hydrogens is 222 g/mol. The van der Waals surface area contributed by atoms with Gasteiger partial charge in [-0.2, -0.15) is 0 Å². The highest BCUT2D eigenvalue weighted by molar-refractivity contribution is 5.66. The van der Waals surface area contributed by atoms with Crippen LogP contribution in [-0.4, -0.2) is 26.2 Å². The fourth-order valence-corrected chi connectivity index (χ4v) is 1.34. The van der Waals surface area contributed by atoms with Crippen LogP contribution in [-0.2, 0) is 11.3 Å². The van der Waals surface area contributed by atoms with E-state index >= 15 is 0 Å². The van der Waals surface area contributed by atoms with Crippen molar-refractivity contribution in [1.82, 2.24) is 9.55 Å². The third-order valence-electron chi connectivity index (χ3n) is 2.04. The molecule has 17 heavy (non-hydrogen) atoms. The van der Waals surface area contributed by atoms with Gasteiger partial charge >= 0.3 is 5.97 Å². The third kappa shape index (κ3) is 3.58. The number of aliphatic carboxylic acids is 1. The molecule has 0 spiro atoms. The van der Waals surface area contributed by atoms with E-state index in [1.54, 1.807) is 6.92 Å². The summed E-state index contributed by atoms with van der Waals surface area (Å²) in [5.74, 6) is -0.882. The summed E-state index contributed by atoms with van der Waals surface area (Å²) < 4.78 is 1.18. The smallest absolute Gasteiger partial charge is 0.323 e. The zero-order chi connectivity index (χ0) is 13.2. The molecule has 1 aromatic rings. The molecule has 1 heterocycles. The van der Waals surface area contributed by atoms with Gasteiger partial charge in [0, 0.05) is 17.4 Å².